The van der Waals surface area contributed by atoms with Crippen LogP contribution in [0.1, 0.15) is 19.3 Å². The molecule has 4 rings (SSSR count). The van der Waals surface area contributed by atoms with Crippen LogP contribution in [0.15, 0.2) is 42.5 Å². The first-order valence-electron chi connectivity index (χ1n) is 11.2. The summed E-state index contributed by atoms with van der Waals surface area (Å²) >= 11 is 12.0. The van der Waals surface area contributed by atoms with Crippen molar-refractivity contribution in [3.8, 4) is 0 Å². The molecule has 0 saturated carbocycles. The molecular formula is C24H28Cl2N4O3. The third kappa shape index (κ3) is 6.38. The van der Waals surface area contributed by atoms with E-state index in [4.69, 9.17) is 27.9 Å². The third-order valence-electron chi connectivity index (χ3n) is 5.98. The highest BCUT2D eigenvalue weighted by molar-refractivity contribution is 6.42. The van der Waals surface area contributed by atoms with Crippen LogP contribution in [0.5, 0.6) is 0 Å². The Kier molecular flexibility index (Phi) is 8.09. The largest absolute Gasteiger partial charge is 0.378 e. The lowest BCUT2D eigenvalue weighted by atomic mass is 10.0. The lowest BCUT2D eigenvalue weighted by molar-refractivity contribution is -0.124. The summed E-state index contributed by atoms with van der Waals surface area (Å²) in [4.78, 5) is 29.9. The minimum Gasteiger partial charge on any atom is -0.378 e. The van der Waals surface area contributed by atoms with E-state index in [-0.39, 0.29) is 24.4 Å². The summed E-state index contributed by atoms with van der Waals surface area (Å²) < 4.78 is 5.40. The average Bonchev–Trinajstić information content (AvgIpc) is 2.83. The van der Waals surface area contributed by atoms with E-state index in [0.717, 1.165) is 50.5 Å². The summed E-state index contributed by atoms with van der Waals surface area (Å²) in [6.45, 7) is 4.05. The number of benzene rings is 2. The molecule has 0 unspecified atom stereocenters. The molecule has 2 heterocycles. The van der Waals surface area contributed by atoms with Crippen molar-refractivity contribution in [1.82, 2.24) is 4.90 Å². The summed E-state index contributed by atoms with van der Waals surface area (Å²) in [6.07, 6.45) is 2.60. The number of nitrogens with one attached hydrogen (secondary N) is 2. The topological polar surface area (TPSA) is 73.9 Å². The van der Waals surface area contributed by atoms with E-state index in [1.807, 2.05) is 29.2 Å². The van der Waals surface area contributed by atoms with Crippen molar-refractivity contribution in [1.29, 1.82) is 0 Å². The Morgan fingerprint density at radius 1 is 0.909 bits per heavy atom. The molecule has 9 heteroatoms. The fraction of sp³-hybridized carbons (Fsp3) is 0.417. The van der Waals surface area contributed by atoms with Gasteiger partial charge in [0.1, 0.15) is 0 Å². The van der Waals surface area contributed by atoms with Crippen LogP contribution < -0.4 is 15.5 Å². The van der Waals surface area contributed by atoms with Gasteiger partial charge in [-0.25, -0.2) is 0 Å². The maximum atomic E-state index is 12.9. The second kappa shape index (κ2) is 11.2. The van der Waals surface area contributed by atoms with E-state index in [0.29, 0.717) is 28.7 Å². The molecule has 2 fully saturated rings. The maximum absolute atomic E-state index is 12.9. The molecule has 2 N–H and O–H groups in total. The molecule has 176 valence electrons. The summed E-state index contributed by atoms with van der Waals surface area (Å²) in [5, 5.41) is 6.67. The summed E-state index contributed by atoms with van der Waals surface area (Å²) in [6, 6.07) is 12.5. The number of halogens is 2. The molecule has 0 aromatic heterocycles. The minimum absolute atomic E-state index is 0.136. The van der Waals surface area contributed by atoms with E-state index in [9.17, 15) is 9.59 Å². The van der Waals surface area contributed by atoms with Crippen LogP contribution in [0.2, 0.25) is 10.0 Å². The zero-order valence-electron chi connectivity index (χ0n) is 18.4. The number of piperidine rings is 1. The van der Waals surface area contributed by atoms with Crippen molar-refractivity contribution >= 4 is 52.1 Å². The number of hydrogen-bond donors (Lipinski definition) is 2. The number of likely N-dealkylation sites (tertiary alicyclic amines) is 1. The fourth-order valence-electron chi connectivity index (χ4n) is 4.24. The number of anilines is 3. The molecule has 7 nitrogen and oxygen atoms in total. The number of hydrogen-bond acceptors (Lipinski definition) is 5. The maximum Gasteiger partial charge on any atom is 0.241 e. The lowest BCUT2D eigenvalue weighted by Gasteiger charge is -2.34. The Labute approximate surface area is 204 Å². The fourth-order valence-corrected chi connectivity index (χ4v) is 4.54. The molecule has 0 radical (unpaired) electrons. The summed E-state index contributed by atoms with van der Waals surface area (Å²) in [5.41, 5.74) is 2.45. The molecule has 2 aromatic rings. The van der Waals surface area contributed by atoms with E-state index < -0.39 is 0 Å². The van der Waals surface area contributed by atoms with Crippen molar-refractivity contribution in [3.05, 3.63) is 52.5 Å². The van der Waals surface area contributed by atoms with Gasteiger partial charge in [-0.1, -0.05) is 29.6 Å². The molecule has 2 amide bonds. The Morgan fingerprint density at radius 2 is 1.64 bits per heavy atom. The first kappa shape index (κ1) is 23.8. The van der Waals surface area contributed by atoms with Gasteiger partial charge in [-0.15, -0.1) is 0 Å². The lowest BCUT2D eigenvalue weighted by Crippen LogP contribution is -2.49. The van der Waals surface area contributed by atoms with Crippen LogP contribution in [-0.4, -0.2) is 62.1 Å². The quantitative estimate of drug-likeness (QED) is 0.632. The standard InChI is InChI=1S/C24H28Cl2N4O3/c25-20-9-6-18(15-21(20)26)28-24(32)22-3-1-2-10-30(22)16-23(31)27-17-4-7-19(8-5-17)29-11-13-33-14-12-29/h4-9,15,22H,1-3,10-14,16H2,(H,27,31)(H,28,32)/t22-/m1/s1. The van der Waals surface area contributed by atoms with Crippen molar-refractivity contribution in [2.24, 2.45) is 0 Å². The zero-order chi connectivity index (χ0) is 23.2. The average molecular weight is 491 g/mol. The van der Waals surface area contributed by atoms with E-state index in [1.54, 1.807) is 18.2 Å². The highest BCUT2D eigenvalue weighted by Crippen LogP contribution is 2.26. The van der Waals surface area contributed by atoms with Gasteiger partial charge >= 0.3 is 0 Å². The van der Waals surface area contributed by atoms with E-state index in [2.05, 4.69) is 15.5 Å². The first-order chi connectivity index (χ1) is 16.0. The predicted molar refractivity (Wildman–Crippen MR) is 132 cm³/mol. The van der Waals surface area contributed by atoms with Gasteiger partial charge in [0.05, 0.1) is 35.8 Å². The van der Waals surface area contributed by atoms with Crippen molar-refractivity contribution in [3.63, 3.8) is 0 Å². The molecule has 2 aliphatic rings. The molecule has 0 bridgehead atoms. The minimum atomic E-state index is -0.373. The molecule has 33 heavy (non-hydrogen) atoms. The molecule has 2 aliphatic heterocycles. The molecule has 0 aliphatic carbocycles. The Hall–Kier alpha value is -2.32. The van der Waals surface area contributed by atoms with Gasteiger partial charge in [0.15, 0.2) is 0 Å². The molecule has 2 aromatic carbocycles. The van der Waals surface area contributed by atoms with Gasteiger partial charge in [-0.05, 0) is 61.9 Å². The van der Waals surface area contributed by atoms with E-state index in [1.165, 1.54) is 0 Å². The Morgan fingerprint density at radius 3 is 2.36 bits per heavy atom. The molecule has 0 spiro atoms. The smallest absolute Gasteiger partial charge is 0.241 e. The van der Waals surface area contributed by atoms with Crippen LogP contribution in [0, 0.1) is 0 Å². The number of amides is 2. The number of carbonyl (C=O) groups is 2. The number of nitrogens with zero attached hydrogens (tertiary/aromatic N) is 2. The highest BCUT2D eigenvalue weighted by Gasteiger charge is 2.30. The van der Waals surface area contributed by atoms with Gasteiger partial charge in [-0.3, -0.25) is 14.5 Å². The van der Waals surface area contributed by atoms with Crippen molar-refractivity contribution in [2.45, 2.75) is 25.3 Å². The number of morpholine rings is 1. The van der Waals surface area contributed by atoms with Gasteiger partial charge in [-0.2, -0.15) is 0 Å². The molecule has 1 atom stereocenters. The molecule has 2 saturated heterocycles. The summed E-state index contributed by atoms with van der Waals surface area (Å²) in [5.74, 6) is -0.279. The van der Waals surface area contributed by atoms with Crippen LogP contribution in [-0.2, 0) is 14.3 Å². The second-order valence-corrected chi connectivity index (χ2v) is 9.11. The van der Waals surface area contributed by atoms with Crippen molar-refractivity contribution < 1.29 is 14.3 Å². The normalized spacial score (nSPS) is 19.2. The van der Waals surface area contributed by atoms with Gasteiger partial charge < -0.3 is 20.3 Å². The molecular weight excluding hydrogens is 463 g/mol. The van der Waals surface area contributed by atoms with E-state index >= 15 is 0 Å². The van der Waals surface area contributed by atoms with Crippen molar-refractivity contribution in [2.75, 3.05) is 54.9 Å². The Bertz CT molecular complexity index is 980. The van der Waals surface area contributed by atoms with Crippen LogP contribution >= 0.6 is 23.2 Å². The zero-order valence-corrected chi connectivity index (χ0v) is 19.9. The van der Waals surface area contributed by atoms with Crippen LogP contribution in [0.3, 0.4) is 0 Å². The highest BCUT2D eigenvalue weighted by atomic mass is 35.5. The number of ether oxygens (including phenoxy) is 1. The summed E-state index contributed by atoms with van der Waals surface area (Å²) in [7, 11) is 0. The number of rotatable bonds is 6. The second-order valence-electron chi connectivity index (χ2n) is 8.29. The van der Waals surface area contributed by atoms with Gasteiger partial charge in [0.25, 0.3) is 0 Å². The first-order valence-corrected chi connectivity index (χ1v) is 12.0. The SMILES string of the molecule is O=C(CN1CCCC[C@@H]1C(=O)Nc1ccc(Cl)c(Cl)c1)Nc1ccc(N2CCOCC2)cc1. The number of carbonyl (C=O) groups excluding carboxylic acids is 2. The monoisotopic (exact) mass is 490 g/mol. The Balaban J connectivity index is 1.33. The predicted octanol–water partition coefficient (Wildman–Crippen LogP) is 4.26. The van der Waals surface area contributed by atoms with Gasteiger partial charge in [0, 0.05) is 30.2 Å². The van der Waals surface area contributed by atoms with Gasteiger partial charge in [0.2, 0.25) is 11.8 Å². The van der Waals surface area contributed by atoms with Crippen LogP contribution in [0.25, 0.3) is 0 Å². The third-order valence-corrected chi connectivity index (χ3v) is 6.72. The van der Waals surface area contributed by atoms with Crippen LogP contribution in [0.4, 0.5) is 17.1 Å².